The Balaban J connectivity index is 1.51. The van der Waals surface area contributed by atoms with Crippen molar-refractivity contribution in [2.75, 3.05) is 18.4 Å². The predicted octanol–water partition coefficient (Wildman–Crippen LogP) is 4.19. The third kappa shape index (κ3) is 3.91. The van der Waals surface area contributed by atoms with Crippen molar-refractivity contribution in [3.8, 4) is 11.5 Å². The molecule has 1 N–H and O–H groups in total. The molecule has 0 unspecified atom stereocenters. The van der Waals surface area contributed by atoms with E-state index in [1.165, 1.54) is 29.3 Å². The highest BCUT2D eigenvalue weighted by molar-refractivity contribution is 7.98. The van der Waals surface area contributed by atoms with Crippen molar-refractivity contribution in [3.63, 3.8) is 0 Å². The first-order chi connectivity index (χ1) is 13.5. The molecule has 0 aliphatic carbocycles. The van der Waals surface area contributed by atoms with Gasteiger partial charge in [-0.2, -0.15) is 0 Å². The van der Waals surface area contributed by atoms with Gasteiger partial charge < -0.3 is 9.47 Å². The Morgan fingerprint density at radius 1 is 1.32 bits per heavy atom. The Bertz CT molecular complexity index is 1060. The molecule has 0 fully saturated rings. The van der Waals surface area contributed by atoms with Gasteiger partial charge in [-0.15, -0.1) is 11.3 Å². The maximum absolute atomic E-state index is 12.6. The molecule has 0 saturated heterocycles. The number of carbonyl (C=O) groups is 1. The lowest BCUT2D eigenvalue weighted by atomic mass is 10.1. The second-order valence-corrected chi connectivity index (χ2v) is 8.16. The van der Waals surface area contributed by atoms with Crippen LogP contribution < -0.4 is 14.8 Å². The number of nitrogens with zero attached hydrogens (tertiary/aromatic N) is 3. The molecule has 0 spiro atoms. The van der Waals surface area contributed by atoms with Gasteiger partial charge in [0.1, 0.15) is 0 Å². The molecule has 0 saturated carbocycles. The van der Waals surface area contributed by atoms with Crippen LogP contribution in [0, 0.1) is 6.92 Å². The minimum Gasteiger partial charge on any atom is -0.454 e. The minimum atomic E-state index is -0.411. The van der Waals surface area contributed by atoms with Crippen LogP contribution in [0.3, 0.4) is 0 Å². The molecule has 1 aliphatic rings. The molecule has 4 rings (SSSR count). The molecule has 0 radical (unpaired) electrons. The Kier molecular flexibility index (Phi) is 5.38. The van der Waals surface area contributed by atoms with E-state index < -0.39 is 5.91 Å². The van der Waals surface area contributed by atoms with Crippen LogP contribution in [0.4, 0.5) is 5.13 Å². The number of hydrogen-bond donors (Lipinski definition) is 1. The topological polar surface area (TPSA) is 86.2 Å². The number of fused-ring (bicyclic) bond motifs is 1. The van der Waals surface area contributed by atoms with Gasteiger partial charge in [-0.1, -0.05) is 29.4 Å². The summed E-state index contributed by atoms with van der Waals surface area (Å²) in [6.45, 7) is 2.16. The molecule has 3 aromatic rings. The summed E-state index contributed by atoms with van der Waals surface area (Å²) in [5.41, 5.74) is 2.07. The zero-order chi connectivity index (χ0) is 19.7. The van der Waals surface area contributed by atoms with E-state index in [1.54, 1.807) is 0 Å². The largest absolute Gasteiger partial charge is 0.454 e. The maximum atomic E-state index is 12.6. The van der Waals surface area contributed by atoms with Gasteiger partial charge >= 0.3 is 0 Å². The molecule has 3 heterocycles. The molecule has 28 heavy (non-hydrogen) atoms. The highest BCUT2D eigenvalue weighted by Gasteiger charge is 2.18. The molecular formula is C18H15ClN4O3S2. The van der Waals surface area contributed by atoms with Gasteiger partial charge in [0.15, 0.2) is 27.5 Å². The number of nitrogens with one attached hydrogen (secondary N) is 1. The molecule has 1 aromatic carbocycles. The summed E-state index contributed by atoms with van der Waals surface area (Å²) in [5.74, 6) is 1.09. The normalized spacial score (nSPS) is 12.2. The third-order valence-corrected chi connectivity index (χ3v) is 5.95. The smallest absolute Gasteiger partial charge is 0.277 e. The fourth-order valence-corrected chi connectivity index (χ4v) is 4.16. The van der Waals surface area contributed by atoms with E-state index in [0.717, 1.165) is 27.6 Å². The quantitative estimate of drug-likeness (QED) is 0.476. The van der Waals surface area contributed by atoms with E-state index in [1.807, 2.05) is 31.4 Å². The number of thioether (sulfide) groups is 1. The number of anilines is 1. The molecule has 10 heteroatoms. The lowest BCUT2D eigenvalue weighted by Crippen LogP contribution is -2.15. The van der Waals surface area contributed by atoms with Crippen LogP contribution in [-0.4, -0.2) is 33.9 Å². The van der Waals surface area contributed by atoms with Crippen molar-refractivity contribution in [1.29, 1.82) is 0 Å². The van der Waals surface area contributed by atoms with Gasteiger partial charge in [0.25, 0.3) is 5.91 Å². The van der Waals surface area contributed by atoms with Crippen molar-refractivity contribution < 1.29 is 14.3 Å². The number of ether oxygens (including phenoxy) is 2. The first kappa shape index (κ1) is 19.0. The first-order valence-electron chi connectivity index (χ1n) is 8.26. The zero-order valence-electron chi connectivity index (χ0n) is 15.0. The van der Waals surface area contributed by atoms with E-state index >= 15 is 0 Å². The van der Waals surface area contributed by atoms with Crippen LogP contribution in [0.25, 0.3) is 0 Å². The number of benzene rings is 1. The summed E-state index contributed by atoms with van der Waals surface area (Å²) < 4.78 is 10.8. The lowest BCUT2D eigenvalue weighted by molar-refractivity contribution is 0.102. The summed E-state index contributed by atoms with van der Waals surface area (Å²) in [6, 6.07) is 5.86. The van der Waals surface area contributed by atoms with Crippen LogP contribution >= 0.6 is 34.7 Å². The molecule has 7 nitrogen and oxygen atoms in total. The average Bonchev–Trinajstić information content (AvgIpc) is 3.28. The molecule has 0 atom stereocenters. The standard InChI is InChI=1S/C18H15ClN4O3S2/c1-9-14(6-10-3-4-12-13(5-10)26-8-25-12)28-18(21-9)23-16(24)15-11(19)7-20-17(22-15)27-2/h3-5,7H,6,8H2,1-2H3,(H,21,23,24). The van der Waals surface area contributed by atoms with Crippen LogP contribution in [-0.2, 0) is 6.42 Å². The summed E-state index contributed by atoms with van der Waals surface area (Å²) in [7, 11) is 0. The van der Waals surface area contributed by atoms with Crippen molar-refractivity contribution in [1.82, 2.24) is 15.0 Å². The van der Waals surface area contributed by atoms with Gasteiger partial charge in [-0.05, 0) is 30.9 Å². The fraction of sp³-hybridized carbons (Fsp3) is 0.222. The summed E-state index contributed by atoms with van der Waals surface area (Å²) >= 11 is 8.83. The fourth-order valence-electron chi connectivity index (χ4n) is 2.65. The van der Waals surface area contributed by atoms with E-state index in [9.17, 15) is 4.79 Å². The van der Waals surface area contributed by atoms with Gasteiger partial charge in [-0.25, -0.2) is 15.0 Å². The minimum absolute atomic E-state index is 0.131. The first-order valence-corrected chi connectivity index (χ1v) is 10.7. The Morgan fingerprint density at radius 2 is 2.14 bits per heavy atom. The van der Waals surface area contributed by atoms with Crippen molar-refractivity contribution in [3.05, 3.63) is 51.2 Å². The van der Waals surface area contributed by atoms with Crippen molar-refractivity contribution >= 4 is 45.7 Å². The highest BCUT2D eigenvalue weighted by atomic mass is 35.5. The van der Waals surface area contributed by atoms with Gasteiger partial charge in [-0.3, -0.25) is 10.1 Å². The molecule has 1 aliphatic heterocycles. The van der Waals surface area contributed by atoms with E-state index in [-0.39, 0.29) is 17.5 Å². The average molecular weight is 435 g/mol. The number of aryl methyl sites for hydroxylation is 1. The van der Waals surface area contributed by atoms with Crippen molar-refractivity contribution in [2.45, 2.75) is 18.5 Å². The second-order valence-electron chi connectivity index (χ2n) is 5.90. The third-order valence-electron chi connectivity index (χ3n) is 4.03. The van der Waals surface area contributed by atoms with Gasteiger partial charge in [0, 0.05) is 11.3 Å². The molecule has 1 amide bonds. The number of thiazole rings is 1. The summed E-state index contributed by atoms with van der Waals surface area (Å²) in [4.78, 5) is 26.3. The zero-order valence-corrected chi connectivity index (χ0v) is 17.4. The van der Waals surface area contributed by atoms with E-state index in [0.29, 0.717) is 16.7 Å². The Hall–Kier alpha value is -2.36. The SMILES string of the molecule is CSc1ncc(Cl)c(C(=O)Nc2nc(C)c(Cc3ccc4c(c3)OCO4)s2)n1. The van der Waals surface area contributed by atoms with Gasteiger partial charge in [0.2, 0.25) is 6.79 Å². The van der Waals surface area contributed by atoms with Crippen molar-refractivity contribution in [2.24, 2.45) is 0 Å². The molecule has 0 bridgehead atoms. The molecular weight excluding hydrogens is 420 g/mol. The van der Waals surface area contributed by atoms with Crippen LogP contribution in [0.15, 0.2) is 29.6 Å². The summed E-state index contributed by atoms with van der Waals surface area (Å²) in [5, 5.41) is 3.96. The lowest BCUT2D eigenvalue weighted by Gasteiger charge is -2.04. The second kappa shape index (κ2) is 7.94. The van der Waals surface area contributed by atoms with Crippen LogP contribution in [0.2, 0.25) is 5.02 Å². The highest BCUT2D eigenvalue weighted by Crippen LogP contribution is 2.34. The predicted molar refractivity (Wildman–Crippen MR) is 109 cm³/mol. The Morgan fingerprint density at radius 3 is 2.96 bits per heavy atom. The summed E-state index contributed by atoms with van der Waals surface area (Å²) in [6.07, 6.45) is 3.94. The monoisotopic (exact) mass is 434 g/mol. The number of hydrogen-bond acceptors (Lipinski definition) is 8. The number of rotatable bonds is 5. The number of carbonyl (C=O) groups excluding carboxylic acids is 1. The number of amides is 1. The van der Waals surface area contributed by atoms with Crippen LogP contribution in [0.5, 0.6) is 11.5 Å². The van der Waals surface area contributed by atoms with Crippen LogP contribution in [0.1, 0.15) is 26.6 Å². The molecule has 144 valence electrons. The van der Waals surface area contributed by atoms with E-state index in [2.05, 4.69) is 20.3 Å². The number of halogens is 1. The van der Waals surface area contributed by atoms with E-state index in [4.69, 9.17) is 21.1 Å². The maximum Gasteiger partial charge on any atom is 0.277 e. The number of aromatic nitrogens is 3. The molecule has 2 aromatic heterocycles. The Labute approximate surface area is 174 Å². The van der Waals surface area contributed by atoms with Gasteiger partial charge in [0.05, 0.1) is 16.9 Å².